The number of hydrogen-bond donors (Lipinski definition) is 0. The molecular formula is C15H16NO4S2-. The van der Waals surface area contributed by atoms with E-state index in [0.29, 0.717) is 17.1 Å². The average molecular weight is 338 g/mol. The lowest BCUT2D eigenvalue weighted by Crippen LogP contribution is -2.53. The van der Waals surface area contributed by atoms with Crippen molar-refractivity contribution in [3.8, 4) is 0 Å². The fourth-order valence-electron chi connectivity index (χ4n) is 2.20. The molecule has 22 heavy (non-hydrogen) atoms. The maximum absolute atomic E-state index is 12.5. The Labute approximate surface area is 138 Å². The number of aliphatic carboxylic acids is 1. The van der Waals surface area contributed by atoms with Gasteiger partial charge in [-0.1, -0.05) is 44.2 Å². The molecule has 0 unspecified atom stereocenters. The van der Waals surface area contributed by atoms with Crippen molar-refractivity contribution in [1.82, 2.24) is 4.90 Å². The normalized spacial score (nSPS) is 19.8. The predicted molar refractivity (Wildman–Crippen MR) is 86.7 cm³/mol. The molecule has 1 aromatic heterocycles. The topological polar surface area (TPSA) is 73.6 Å². The summed E-state index contributed by atoms with van der Waals surface area (Å²) in [5, 5.41) is 11.4. The fourth-order valence-corrected chi connectivity index (χ4v) is 3.50. The first-order valence-electron chi connectivity index (χ1n) is 6.89. The highest BCUT2D eigenvalue weighted by molar-refractivity contribution is 8.26. The molecule has 2 heterocycles. The van der Waals surface area contributed by atoms with Crippen molar-refractivity contribution in [1.29, 1.82) is 0 Å². The number of furan rings is 1. The zero-order chi connectivity index (χ0) is 16.4. The summed E-state index contributed by atoms with van der Waals surface area (Å²) in [4.78, 5) is 25.4. The molecule has 1 aromatic rings. The molecule has 0 aliphatic carbocycles. The maximum Gasteiger partial charge on any atom is 0.266 e. The van der Waals surface area contributed by atoms with Gasteiger partial charge in [0.1, 0.15) is 15.8 Å². The highest BCUT2D eigenvalue weighted by Crippen LogP contribution is 2.35. The highest BCUT2D eigenvalue weighted by Gasteiger charge is 2.39. The Morgan fingerprint density at radius 3 is 2.73 bits per heavy atom. The second-order valence-corrected chi connectivity index (χ2v) is 6.83. The van der Waals surface area contributed by atoms with Gasteiger partial charge in [-0.3, -0.25) is 9.69 Å². The monoisotopic (exact) mass is 338 g/mol. The van der Waals surface area contributed by atoms with Gasteiger partial charge in [0, 0.05) is 6.08 Å². The molecule has 0 aromatic carbocycles. The van der Waals surface area contributed by atoms with Crippen LogP contribution in [0.3, 0.4) is 0 Å². The minimum atomic E-state index is -1.29. The predicted octanol–water partition coefficient (Wildman–Crippen LogP) is 1.95. The van der Waals surface area contributed by atoms with E-state index < -0.39 is 17.9 Å². The maximum atomic E-state index is 12.5. The SMILES string of the molecule is CC[C@H](C)[C@H](C(=O)[O-])N1C(=O)/C(=C\c2ccc(C)o2)SC1=S. The molecular weight excluding hydrogens is 322 g/mol. The Kier molecular flexibility index (Phi) is 5.08. The van der Waals surface area contributed by atoms with Crippen LogP contribution in [0.5, 0.6) is 0 Å². The first kappa shape index (κ1) is 16.8. The largest absolute Gasteiger partial charge is 0.548 e. The van der Waals surface area contributed by atoms with Crippen LogP contribution in [0.2, 0.25) is 0 Å². The zero-order valence-corrected chi connectivity index (χ0v) is 14.1. The van der Waals surface area contributed by atoms with Crippen LogP contribution in [-0.2, 0) is 9.59 Å². The summed E-state index contributed by atoms with van der Waals surface area (Å²) in [6.45, 7) is 5.43. The molecule has 5 nitrogen and oxygen atoms in total. The van der Waals surface area contributed by atoms with Gasteiger partial charge in [-0.15, -0.1) is 0 Å². The summed E-state index contributed by atoms with van der Waals surface area (Å²) in [5.41, 5.74) is 0. The van der Waals surface area contributed by atoms with Crippen molar-refractivity contribution in [3.63, 3.8) is 0 Å². The number of carbonyl (C=O) groups is 2. The van der Waals surface area contributed by atoms with Crippen LogP contribution < -0.4 is 5.11 Å². The van der Waals surface area contributed by atoms with E-state index in [-0.39, 0.29) is 10.2 Å². The van der Waals surface area contributed by atoms with Crippen molar-refractivity contribution >= 4 is 46.3 Å². The van der Waals surface area contributed by atoms with E-state index in [9.17, 15) is 14.7 Å². The molecule has 2 rings (SSSR count). The summed E-state index contributed by atoms with van der Waals surface area (Å²) >= 11 is 6.26. The quantitative estimate of drug-likeness (QED) is 0.603. The van der Waals surface area contributed by atoms with Crippen molar-refractivity contribution < 1.29 is 19.1 Å². The van der Waals surface area contributed by atoms with Gasteiger partial charge in [-0.2, -0.15) is 0 Å². The van der Waals surface area contributed by atoms with Gasteiger partial charge in [0.2, 0.25) is 0 Å². The molecule has 118 valence electrons. The Morgan fingerprint density at radius 2 is 2.23 bits per heavy atom. The van der Waals surface area contributed by atoms with Gasteiger partial charge in [0.15, 0.2) is 0 Å². The van der Waals surface area contributed by atoms with Gasteiger partial charge in [-0.05, 0) is 25.0 Å². The lowest BCUT2D eigenvalue weighted by molar-refractivity contribution is -0.311. The van der Waals surface area contributed by atoms with E-state index in [0.717, 1.165) is 22.4 Å². The van der Waals surface area contributed by atoms with E-state index in [2.05, 4.69) is 0 Å². The summed E-state index contributed by atoms with van der Waals surface area (Å²) in [6, 6.07) is 2.48. The Bertz CT molecular complexity index is 650. The molecule has 0 saturated carbocycles. The number of rotatable bonds is 5. The summed E-state index contributed by atoms with van der Waals surface area (Å²) in [5.74, 6) is -0.697. The number of carboxylic acids is 1. The first-order valence-corrected chi connectivity index (χ1v) is 8.12. The summed E-state index contributed by atoms with van der Waals surface area (Å²) < 4.78 is 5.64. The van der Waals surface area contributed by atoms with Crippen LogP contribution in [0.4, 0.5) is 0 Å². The molecule has 1 saturated heterocycles. The smallest absolute Gasteiger partial charge is 0.266 e. The third kappa shape index (κ3) is 3.25. The number of thioether (sulfide) groups is 1. The third-order valence-corrected chi connectivity index (χ3v) is 4.89. The van der Waals surface area contributed by atoms with Crippen LogP contribution in [0.25, 0.3) is 6.08 Å². The highest BCUT2D eigenvalue weighted by atomic mass is 32.2. The molecule has 0 radical (unpaired) electrons. The average Bonchev–Trinajstić information content (AvgIpc) is 2.97. The number of carboxylic acid groups (broad SMARTS) is 1. The van der Waals surface area contributed by atoms with Crippen LogP contribution in [0, 0.1) is 12.8 Å². The van der Waals surface area contributed by atoms with E-state index >= 15 is 0 Å². The number of nitrogens with zero attached hydrogens (tertiary/aromatic N) is 1. The first-order chi connectivity index (χ1) is 10.3. The number of hydrogen-bond acceptors (Lipinski definition) is 6. The summed E-state index contributed by atoms with van der Waals surface area (Å²) in [6.07, 6.45) is 2.18. The van der Waals surface area contributed by atoms with E-state index in [1.165, 1.54) is 0 Å². The van der Waals surface area contributed by atoms with Crippen LogP contribution in [-0.4, -0.2) is 27.1 Å². The van der Waals surface area contributed by atoms with E-state index in [4.69, 9.17) is 16.6 Å². The molecule has 0 spiro atoms. The molecule has 1 aliphatic heterocycles. The molecule has 1 amide bonds. The van der Waals surface area contributed by atoms with Crippen molar-refractivity contribution in [3.05, 3.63) is 28.6 Å². The standard InChI is InChI=1S/C15H17NO4S2/c1-4-8(2)12(14(18)19)16-13(17)11(22-15(16)21)7-10-6-5-9(3)20-10/h5-8,12H,4H2,1-3H3,(H,18,19)/p-1/b11-7+/t8-,12+/m0/s1. The van der Waals surface area contributed by atoms with Gasteiger partial charge in [0.05, 0.1) is 16.9 Å². The van der Waals surface area contributed by atoms with Crippen LogP contribution >= 0.6 is 24.0 Å². The molecule has 0 bridgehead atoms. The Balaban J connectivity index is 2.32. The van der Waals surface area contributed by atoms with Gasteiger partial charge >= 0.3 is 0 Å². The van der Waals surface area contributed by atoms with E-state index in [1.807, 2.05) is 6.92 Å². The van der Waals surface area contributed by atoms with Gasteiger partial charge in [-0.25, -0.2) is 0 Å². The van der Waals surface area contributed by atoms with Crippen molar-refractivity contribution in [2.45, 2.75) is 33.2 Å². The van der Waals surface area contributed by atoms with E-state index in [1.54, 1.807) is 32.1 Å². The molecule has 1 aliphatic rings. The number of aryl methyl sites for hydroxylation is 1. The Morgan fingerprint density at radius 1 is 1.55 bits per heavy atom. The molecule has 7 heteroatoms. The van der Waals surface area contributed by atoms with Crippen molar-refractivity contribution in [2.75, 3.05) is 0 Å². The Hall–Kier alpha value is -1.60. The van der Waals surface area contributed by atoms with Gasteiger partial charge in [0.25, 0.3) is 5.91 Å². The number of thiocarbonyl (C=S) groups is 1. The lowest BCUT2D eigenvalue weighted by Gasteiger charge is -2.32. The minimum Gasteiger partial charge on any atom is -0.548 e. The van der Waals surface area contributed by atoms with Gasteiger partial charge < -0.3 is 14.3 Å². The number of amides is 1. The third-order valence-electron chi connectivity index (χ3n) is 3.56. The second kappa shape index (κ2) is 6.66. The fraction of sp³-hybridized carbons (Fsp3) is 0.400. The lowest BCUT2D eigenvalue weighted by atomic mass is 9.98. The molecule has 0 N–H and O–H groups in total. The summed E-state index contributed by atoms with van der Waals surface area (Å²) in [7, 11) is 0. The molecule has 1 fully saturated rings. The second-order valence-electron chi connectivity index (χ2n) is 5.15. The van der Waals surface area contributed by atoms with Crippen LogP contribution in [0.1, 0.15) is 31.8 Å². The van der Waals surface area contributed by atoms with Crippen molar-refractivity contribution in [2.24, 2.45) is 5.92 Å². The molecule has 2 atom stereocenters. The number of carbonyl (C=O) groups excluding carboxylic acids is 2. The minimum absolute atomic E-state index is 0.231. The van der Waals surface area contributed by atoms with Crippen LogP contribution in [0.15, 0.2) is 21.5 Å². The zero-order valence-electron chi connectivity index (χ0n) is 12.5.